The van der Waals surface area contributed by atoms with Crippen LogP contribution >= 0.6 is 11.8 Å². The first-order valence-corrected chi connectivity index (χ1v) is 9.54. The fraction of sp³-hybridized carbons (Fsp3) is 0.143. The summed E-state index contributed by atoms with van der Waals surface area (Å²) < 4.78 is 2.02. The number of benzene rings is 2. The Morgan fingerprint density at radius 1 is 0.885 bits per heavy atom. The third-order valence-corrected chi connectivity index (χ3v) is 5.25. The van der Waals surface area contributed by atoms with E-state index in [-0.39, 0.29) is 6.04 Å². The molecule has 0 amide bonds. The van der Waals surface area contributed by atoms with E-state index in [0.29, 0.717) is 0 Å². The lowest BCUT2D eigenvalue weighted by Crippen LogP contribution is -2.12. The van der Waals surface area contributed by atoms with Crippen LogP contribution in [0.5, 0.6) is 0 Å². The van der Waals surface area contributed by atoms with Gasteiger partial charge >= 0.3 is 0 Å². The van der Waals surface area contributed by atoms with E-state index in [1.165, 1.54) is 10.5 Å². The van der Waals surface area contributed by atoms with Gasteiger partial charge in [-0.3, -0.25) is 4.40 Å². The highest BCUT2D eigenvalue weighted by atomic mass is 32.2. The van der Waals surface area contributed by atoms with Crippen molar-refractivity contribution in [3.63, 3.8) is 0 Å². The Morgan fingerprint density at radius 3 is 2.35 bits per heavy atom. The molecular weight excluding hydrogens is 340 g/mol. The molecule has 0 aliphatic carbocycles. The van der Waals surface area contributed by atoms with Crippen molar-refractivity contribution in [2.24, 2.45) is 0 Å². The van der Waals surface area contributed by atoms with Crippen molar-refractivity contribution < 1.29 is 0 Å². The summed E-state index contributed by atoms with van der Waals surface area (Å²) in [6, 6.07) is 25.1. The van der Waals surface area contributed by atoms with E-state index in [2.05, 4.69) is 83.2 Å². The number of nitrogens with one attached hydrogen (secondary N) is 1. The molecule has 0 bridgehead atoms. The zero-order valence-corrected chi connectivity index (χ0v) is 15.4. The molecule has 0 saturated heterocycles. The van der Waals surface area contributed by atoms with Gasteiger partial charge in [-0.15, -0.1) is 10.2 Å². The van der Waals surface area contributed by atoms with E-state index in [1.807, 2.05) is 22.6 Å². The average molecular weight is 360 g/mol. The molecule has 1 atom stereocenters. The SMILES string of the molecule is CCC(Nc1nnc2ccc(Sc3ccccc3)cn12)c1ccccc1. The molecule has 130 valence electrons. The molecule has 2 aromatic carbocycles. The van der Waals surface area contributed by atoms with Gasteiger partial charge in [0.25, 0.3) is 0 Å². The fourth-order valence-electron chi connectivity index (χ4n) is 2.92. The molecule has 0 radical (unpaired) electrons. The maximum absolute atomic E-state index is 4.35. The topological polar surface area (TPSA) is 42.2 Å². The number of anilines is 1. The van der Waals surface area contributed by atoms with E-state index in [9.17, 15) is 0 Å². The Balaban J connectivity index is 1.62. The number of nitrogens with zero attached hydrogens (tertiary/aromatic N) is 3. The van der Waals surface area contributed by atoms with Crippen molar-refractivity contribution in [3.8, 4) is 0 Å². The molecule has 2 heterocycles. The molecule has 0 aliphatic heterocycles. The van der Waals surface area contributed by atoms with Crippen LogP contribution in [-0.2, 0) is 0 Å². The minimum atomic E-state index is 0.203. The van der Waals surface area contributed by atoms with Gasteiger partial charge in [0.2, 0.25) is 5.95 Å². The van der Waals surface area contributed by atoms with Gasteiger partial charge in [0.15, 0.2) is 5.65 Å². The smallest absolute Gasteiger partial charge is 0.229 e. The monoisotopic (exact) mass is 360 g/mol. The minimum Gasteiger partial charge on any atom is -0.347 e. The van der Waals surface area contributed by atoms with Gasteiger partial charge in [-0.2, -0.15) is 0 Å². The Kier molecular flexibility index (Phi) is 4.88. The lowest BCUT2D eigenvalue weighted by Gasteiger charge is -2.17. The summed E-state index contributed by atoms with van der Waals surface area (Å²) in [4.78, 5) is 2.37. The van der Waals surface area contributed by atoms with Crippen LogP contribution in [0.2, 0.25) is 0 Å². The molecule has 4 rings (SSSR count). The molecule has 4 aromatic rings. The second-order valence-corrected chi connectivity index (χ2v) is 7.19. The van der Waals surface area contributed by atoms with Gasteiger partial charge in [0.1, 0.15) is 0 Å². The number of rotatable bonds is 6. The standard InChI is InChI=1S/C21H20N4S/c1-2-19(16-9-5-3-6-10-16)22-21-24-23-20-14-13-18(15-25(20)21)26-17-11-7-4-8-12-17/h3-15,19H,2H2,1H3,(H,22,24). The summed E-state index contributed by atoms with van der Waals surface area (Å²) in [5.41, 5.74) is 2.09. The number of fused-ring (bicyclic) bond motifs is 1. The largest absolute Gasteiger partial charge is 0.347 e. The third kappa shape index (κ3) is 3.58. The van der Waals surface area contributed by atoms with E-state index < -0.39 is 0 Å². The predicted octanol–water partition coefficient (Wildman–Crippen LogP) is 5.44. The van der Waals surface area contributed by atoms with Crippen LogP contribution in [0.3, 0.4) is 0 Å². The van der Waals surface area contributed by atoms with Gasteiger partial charge in [0.05, 0.1) is 6.04 Å². The fourth-order valence-corrected chi connectivity index (χ4v) is 3.78. The van der Waals surface area contributed by atoms with Crippen LogP contribution in [0, 0.1) is 0 Å². The molecule has 0 fully saturated rings. The van der Waals surface area contributed by atoms with Crippen LogP contribution in [0.25, 0.3) is 5.65 Å². The molecule has 2 aromatic heterocycles. The second kappa shape index (κ2) is 7.62. The maximum Gasteiger partial charge on any atom is 0.229 e. The molecule has 1 N–H and O–H groups in total. The van der Waals surface area contributed by atoms with E-state index >= 15 is 0 Å². The molecule has 26 heavy (non-hydrogen) atoms. The van der Waals surface area contributed by atoms with Crippen LogP contribution in [0.4, 0.5) is 5.95 Å². The van der Waals surface area contributed by atoms with Crippen LogP contribution in [0.1, 0.15) is 24.9 Å². The molecule has 4 nitrogen and oxygen atoms in total. The quantitative estimate of drug-likeness (QED) is 0.497. The summed E-state index contributed by atoms with van der Waals surface area (Å²) in [6.45, 7) is 2.17. The molecule has 5 heteroatoms. The first kappa shape index (κ1) is 16.7. The Hall–Kier alpha value is -2.79. The van der Waals surface area contributed by atoms with Crippen molar-refractivity contribution >= 4 is 23.4 Å². The van der Waals surface area contributed by atoms with Gasteiger partial charge < -0.3 is 5.32 Å². The zero-order chi connectivity index (χ0) is 17.8. The summed E-state index contributed by atoms with van der Waals surface area (Å²) >= 11 is 1.73. The number of hydrogen-bond donors (Lipinski definition) is 1. The van der Waals surface area contributed by atoms with Crippen molar-refractivity contribution in [2.45, 2.75) is 29.2 Å². The van der Waals surface area contributed by atoms with Crippen molar-refractivity contribution in [3.05, 3.63) is 84.6 Å². The lowest BCUT2D eigenvalue weighted by atomic mass is 10.1. The van der Waals surface area contributed by atoms with Gasteiger partial charge in [-0.25, -0.2) is 0 Å². The maximum atomic E-state index is 4.35. The van der Waals surface area contributed by atoms with Gasteiger partial charge in [-0.05, 0) is 36.2 Å². The van der Waals surface area contributed by atoms with Crippen LogP contribution in [0.15, 0.2) is 88.8 Å². The summed E-state index contributed by atoms with van der Waals surface area (Å²) in [5, 5.41) is 12.2. The molecule has 0 aliphatic rings. The Morgan fingerprint density at radius 2 is 1.62 bits per heavy atom. The van der Waals surface area contributed by atoms with Crippen molar-refractivity contribution in [1.29, 1.82) is 0 Å². The summed E-state index contributed by atoms with van der Waals surface area (Å²) in [6.07, 6.45) is 3.06. The predicted molar refractivity (Wildman–Crippen MR) is 107 cm³/mol. The Bertz CT molecular complexity index is 983. The van der Waals surface area contributed by atoms with E-state index in [0.717, 1.165) is 22.9 Å². The normalized spacial score (nSPS) is 12.2. The molecule has 0 saturated carbocycles. The minimum absolute atomic E-state index is 0.203. The van der Waals surface area contributed by atoms with Gasteiger partial charge in [0, 0.05) is 16.0 Å². The van der Waals surface area contributed by atoms with Crippen molar-refractivity contribution in [1.82, 2.24) is 14.6 Å². The van der Waals surface area contributed by atoms with Crippen LogP contribution < -0.4 is 5.32 Å². The van der Waals surface area contributed by atoms with E-state index in [4.69, 9.17) is 0 Å². The van der Waals surface area contributed by atoms with E-state index in [1.54, 1.807) is 11.8 Å². The van der Waals surface area contributed by atoms with Crippen LogP contribution in [-0.4, -0.2) is 14.6 Å². The average Bonchev–Trinajstić information content (AvgIpc) is 3.09. The first-order chi connectivity index (χ1) is 12.8. The molecular formula is C21H20N4S. The van der Waals surface area contributed by atoms with Crippen molar-refractivity contribution in [2.75, 3.05) is 5.32 Å². The lowest BCUT2D eigenvalue weighted by molar-refractivity contribution is 0.736. The Labute approximate surface area is 157 Å². The number of pyridine rings is 1. The third-order valence-electron chi connectivity index (χ3n) is 4.27. The zero-order valence-electron chi connectivity index (χ0n) is 14.5. The summed E-state index contributed by atoms with van der Waals surface area (Å²) in [5.74, 6) is 0.770. The highest BCUT2D eigenvalue weighted by Gasteiger charge is 2.13. The first-order valence-electron chi connectivity index (χ1n) is 8.72. The highest BCUT2D eigenvalue weighted by Crippen LogP contribution is 2.29. The highest BCUT2D eigenvalue weighted by molar-refractivity contribution is 7.99. The van der Waals surface area contributed by atoms with Gasteiger partial charge in [-0.1, -0.05) is 67.2 Å². The summed E-state index contributed by atoms with van der Waals surface area (Å²) in [7, 11) is 0. The second-order valence-electron chi connectivity index (χ2n) is 6.05. The molecule has 0 spiro atoms. The number of hydrogen-bond acceptors (Lipinski definition) is 4. The molecule has 1 unspecified atom stereocenters. The number of aromatic nitrogens is 3.